The van der Waals surface area contributed by atoms with Crippen molar-refractivity contribution in [1.82, 2.24) is 9.78 Å². The third-order valence-corrected chi connectivity index (χ3v) is 4.63. The number of aromatic carboxylic acids is 1. The minimum atomic E-state index is -1.06. The normalized spacial score (nSPS) is 11.0. The van der Waals surface area contributed by atoms with E-state index in [0.717, 1.165) is 0 Å². The number of nitro groups is 1. The van der Waals surface area contributed by atoms with Crippen LogP contribution in [-0.2, 0) is 0 Å². The molecule has 0 unspecified atom stereocenters. The third-order valence-electron chi connectivity index (χ3n) is 4.63. The Hall–Kier alpha value is -4.86. The van der Waals surface area contributed by atoms with Gasteiger partial charge in [0.05, 0.1) is 27.6 Å². The van der Waals surface area contributed by atoms with Gasteiger partial charge in [0.1, 0.15) is 0 Å². The molecule has 0 atom stereocenters. The maximum absolute atomic E-state index is 13.1. The van der Waals surface area contributed by atoms with E-state index < -0.39 is 16.5 Å². The van der Waals surface area contributed by atoms with Crippen LogP contribution in [0.25, 0.3) is 16.9 Å². The van der Waals surface area contributed by atoms with Crippen molar-refractivity contribution in [3.8, 4) is 16.9 Å². The lowest BCUT2D eigenvalue weighted by Gasteiger charge is -2.01. The second-order valence-electron chi connectivity index (χ2n) is 6.67. The Morgan fingerprint density at radius 1 is 0.938 bits per heavy atom. The predicted molar refractivity (Wildman–Crippen MR) is 116 cm³/mol. The van der Waals surface area contributed by atoms with E-state index in [1.54, 1.807) is 24.3 Å². The van der Waals surface area contributed by atoms with Gasteiger partial charge in [-0.25, -0.2) is 9.48 Å². The summed E-state index contributed by atoms with van der Waals surface area (Å²) in [6, 6.07) is 20.3. The zero-order valence-electron chi connectivity index (χ0n) is 16.4. The number of carbonyl (C=O) groups is 1. The number of hydrogen-bond donors (Lipinski definition) is 2. The molecule has 0 amide bonds. The Bertz CT molecular complexity index is 1370. The predicted octanol–water partition coefficient (Wildman–Crippen LogP) is 4.85. The smallest absolute Gasteiger partial charge is 0.335 e. The zero-order chi connectivity index (χ0) is 22.7. The number of rotatable bonds is 6. The molecule has 4 aromatic rings. The number of para-hydroxylation sites is 1. The Balaban J connectivity index is 1.80. The molecule has 0 saturated heterocycles. The van der Waals surface area contributed by atoms with Crippen molar-refractivity contribution in [2.24, 2.45) is 10.2 Å². The minimum Gasteiger partial charge on any atom is -0.478 e. The molecule has 0 radical (unpaired) electrons. The highest BCUT2D eigenvalue weighted by Gasteiger charge is 2.18. The minimum absolute atomic E-state index is 0.00465. The van der Waals surface area contributed by atoms with E-state index in [4.69, 9.17) is 5.11 Å². The van der Waals surface area contributed by atoms with Gasteiger partial charge < -0.3 is 5.11 Å². The van der Waals surface area contributed by atoms with E-state index in [1.807, 2.05) is 6.07 Å². The van der Waals surface area contributed by atoms with Gasteiger partial charge in [-0.15, -0.1) is 5.11 Å². The molecule has 10 heteroatoms. The van der Waals surface area contributed by atoms with E-state index in [9.17, 15) is 19.7 Å². The molecule has 1 aromatic heterocycles. The first-order chi connectivity index (χ1) is 15.4. The largest absolute Gasteiger partial charge is 0.478 e. The fourth-order valence-corrected chi connectivity index (χ4v) is 3.01. The van der Waals surface area contributed by atoms with Crippen LogP contribution in [-0.4, -0.2) is 25.8 Å². The van der Waals surface area contributed by atoms with Crippen molar-refractivity contribution in [3.05, 3.63) is 105 Å². The number of benzene rings is 3. The summed E-state index contributed by atoms with van der Waals surface area (Å²) in [5, 5.41) is 31.1. The Morgan fingerprint density at radius 3 is 2.19 bits per heavy atom. The van der Waals surface area contributed by atoms with Crippen LogP contribution >= 0.6 is 0 Å². The highest BCUT2D eigenvalue weighted by atomic mass is 16.6. The average Bonchev–Trinajstić information content (AvgIpc) is 3.14. The molecule has 1 heterocycles. The maximum Gasteiger partial charge on any atom is 0.335 e. The van der Waals surface area contributed by atoms with Gasteiger partial charge in [-0.3, -0.25) is 20.0 Å². The second-order valence-corrected chi connectivity index (χ2v) is 6.67. The highest BCUT2D eigenvalue weighted by Crippen LogP contribution is 2.29. The fourth-order valence-electron chi connectivity index (χ4n) is 3.01. The van der Waals surface area contributed by atoms with E-state index >= 15 is 0 Å². The van der Waals surface area contributed by atoms with Gasteiger partial charge in [0.2, 0.25) is 0 Å². The number of azo groups is 1. The lowest BCUT2D eigenvalue weighted by molar-refractivity contribution is -0.384. The summed E-state index contributed by atoms with van der Waals surface area (Å²) >= 11 is 0. The quantitative estimate of drug-likeness (QED) is 0.256. The van der Waals surface area contributed by atoms with Gasteiger partial charge in [-0.1, -0.05) is 18.2 Å². The number of aromatic amines is 1. The lowest BCUT2D eigenvalue weighted by Crippen LogP contribution is -2.13. The molecule has 0 spiro atoms. The van der Waals surface area contributed by atoms with E-state index in [2.05, 4.69) is 15.3 Å². The Kier molecular flexibility index (Phi) is 5.41. The number of hydrogen-bond acceptors (Lipinski definition) is 6. The average molecular weight is 429 g/mol. The molecule has 0 aliphatic rings. The van der Waals surface area contributed by atoms with Crippen LogP contribution in [0.4, 0.5) is 17.1 Å². The highest BCUT2D eigenvalue weighted by molar-refractivity contribution is 5.87. The van der Waals surface area contributed by atoms with E-state index in [0.29, 0.717) is 22.6 Å². The van der Waals surface area contributed by atoms with Crippen molar-refractivity contribution < 1.29 is 14.8 Å². The molecular weight excluding hydrogens is 414 g/mol. The van der Waals surface area contributed by atoms with E-state index in [-0.39, 0.29) is 16.9 Å². The molecule has 0 aliphatic carbocycles. The van der Waals surface area contributed by atoms with Crippen LogP contribution in [0.5, 0.6) is 0 Å². The number of H-pyrrole nitrogens is 1. The van der Waals surface area contributed by atoms with Crippen LogP contribution in [0.15, 0.2) is 93.9 Å². The molecule has 32 heavy (non-hydrogen) atoms. The van der Waals surface area contributed by atoms with Crippen molar-refractivity contribution >= 4 is 23.0 Å². The van der Waals surface area contributed by atoms with Gasteiger partial charge in [0, 0.05) is 17.7 Å². The zero-order valence-corrected chi connectivity index (χ0v) is 16.4. The second kappa shape index (κ2) is 8.48. The number of nitro benzene ring substituents is 1. The number of nitrogens with one attached hydrogen (secondary N) is 1. The van der Waals surface area contributed by atoms with Crippen LogP contribution in [0, 0.1) is 10.1 Å². The summed E-state index contributed by atoms with van der Waals surface area (Å²) in [5.41, 5.74) is 1.34. The number of carboxylic acids is 1. The summed E-state index contributed by atoms with van der Waals surface area (Å²) in [6.45, 7) is 0. The van der Waals surface area contributed by atoms with Gasteiger partial charge in [0.25, 0.3) is 11.2 Å². The van der Waals surface area contributed by atoms with Crippen molar-refractivity contribution in [2.45, 2.75) is 0 Å². The van der Waals surface area contributed by atoms with Crippen LogP contribution in [0.2, 0.25) is 0 Å². The molecule has 4 rings (SSSR count). The molecule has 0 aliphatic heterocycles. The summed E-state index contributed by atoms with van der Waals surface area (Å²) in [7, 11) is 0. The molecule has 3 aromatic carbocycles. The Morgan fingerprint density at radius 2 is 1.59 bits per heavy atom. The van der Waals surface area contributed by atoms with Crippen molar-refractivity contribution in [3.63, 3.8) is 0 Å². The summed E-state index contributed by atoms with van der Waals surface area (Å²) in [6.07, 6.45) is 0. The number of nitrogens with zero attached hydrogens (tertiary/aromatic N) is 4. The molecule has 0 bridgehead atoms. The fraction of sp³-hybridized carbons (Fsp3) is 0. The maximum atomic E-state index is 13.1. The topological polar surface area (TPSA) is 143 Å². The first-order valence-electron chi connectivity index (χ1n) is 9.34. The van der Waals surface area contributed by atoms with Crippen LogP contribution in [0.3, 0.4) is 0 Å². The van der Waals surface area contributed by atoms with Gasteiger partial charge in [-0.2, -0.15) is 5.11 Å². The number of aromatic nitrogens is 2. The molecule has 2 N–H and O–H groups in total. The SMILES string of the molecule is O=C(O)c1ccc(N=Nc2c(-c3ccc([N+](=O)[O-])cc3)[nH]n(-c3ccccc3)c2=O)cc1. The first-order valence-corrected chi connectivity index (χ1v) is 9.34. The first kappa shape index (κ1) is 20.4. The molecule has 10 nitrogen and oxygen atoms in total. The molecular formula is C22H15N5O5. The number of non-ortho nitro benzene ring substituents is 1. The summed E-state index contributed by atoms with van der Waals surface area (Å²) < 4.78 is 1.30. The van der Waals surface area contributed by atoms with Gasteiger partial charge >= 0.3 is 5.97 Å². The molecule has 0 fully saturated rings. The third kappa shape index (κ3) is 4.05. The van der Waals surface area contributed by atoms with Crippen LogP contribution in [0.1, 0.15) is 10.4 Å². The summed E-state index contributed by atoms with van der Waals surface area (Å²) in [5.74, 6) is -1.06. The van der Waals surface area contributed by atoms with Crippen LogP contribution < -0.4 is 5.56 Å². The van der Waals surface area contributed by atoms with E-state index in [1.165, 1.54) is 53.2 Å². The van der Waals surface area contributed by atoms with Crippen molar-refractivity contribution in [1.29, 1.82) is 0 Å². The molecule has 158 valence electrons. The van der Waals surface area contributed by atoms with Gasteiger partial charge in [-0.05, 0) is 48.5 Å². The standard InChI is InChI=1S/C22H15N5O5/c28-21-20(24-23-16-10-6-15(7-11-16)22(29)30)19(14-8-12-18(13-9-14)27(31)32)25-26(21)17-4-2-1-3-5-17/h1-13,25H,(H,29,30). The lowest BCUT2D eigenvalue weighted by atomic mass is 10.1. The Labute approximate surface area is 180 Å². The molecule has 0 saturated carbocycles. The summed E-state index contributed by atoms with van der Waals surface area (Å²) in [4.78, 5) is 34.5. The van der Waals surface area contributed by atoms with Crippen molar-refractivity contribution in [2.75, 3.05) is 0 Å². The monoisotopic (exact) mass is 429 g/mol. The van der Waals surface area contributed by atoms with Gasteiger partial charge in [0.15, 0.2) is 5.69 Å². The number of carboxylic acid groups (broad SMARTS) is 1.